The van der Waals surface area contributed by atoms with E-state index in [1.165, 1.54) is 26.8 Å². The van der Waals surface area contributed by atoms with Crippen LogP contribution in [0.4, 0.5) is 5.95 Å². The minimum absolute atomic E-state index is 0.0280. The van der Waals surface area contributed by atoms with Crippen molar-refractivity contribution in [2.24, 2.45) is 5.41 Å². The van der Waals surface area contributed by atoms with Gasteiger partial charge < -0.3 is 34.7 Å². The van der Waals surface area contributed by atoms with Crippen LogP contribution in [0.2, 0.25) is 0 Å². The number of nitrogens with one attached hydrogen (secondary N) is 1. The van der Waals surface area contributed by atoms with Gasteiger partial charge >= 0.3 is 5.97 Å². The van der Waals surface area contributed by atoms with Crippen molar-refractivity contribution in [1.82, 2.24) is 24.6 Å². The maximum atomic E-state index is 13.2. The van der Waals surface area contributed by atoms with Gasteiger partial charge in [0.25, 0.3) is 7.52 Å². The highest BCUT2D eigenvalue weighted by Crippen LogP contribution is 2.42. The minimum Gasteiger partial charge on any atom is -0.476 e. The molecule has 14 nitrogen and oxygen atoms in total. The number of anilines is 1. The van der Waals surface area contributed by atoms with Crippen molar-refractivity contribution in [3.8, 4) is 5.88 Å². The number of nitrogens with two attached hydrogens (primary N) is 1. The zero-order chi connectivity index (χ0) is 31.3. The fourth-order valence-electron chi connectivity index (χ4n) is 4.45. The summed E-state index contributed by atoms with van der Waals surface area (Å²) in [6.07, 6.45) is 2.79. The Morgan fingerprint density at radius 3 is 2.79 bits per heavy atom. The number of carbonyl (C=O) groups excluding carboxylic acids is 1. The smallest absolute Gasteiger partial charge is 0.323 e. The third-order valence-electron chi connectivity index (χ3n) is 6.76. The van der Waals surface area contributed by atoms with Crippen molar-refractivity contribution < 1.29 is 38.3 Å². The Morgan fingerprint density at radius 1 is 1.40 bits per heavy atom. The van der Waals surface area contributed by atoms with E-state index in [2.05, 4.69) is 33.2 Å². The number of esters is 1. The van der Waals surface area contributed by atoms with Crippen LogP contribution in [0, 0.1) is 5.41 Å². The molecule has 1 aliphatic rings. The number of aliphatic hydroxyl groups is 2. The normalized spacial score (nSPS) is 25.0. The van der Waals surface area contributed by atoms with Crippen molar-refractivity contribution in [3.63, 3.8) is 0 Å². The van der Waals surface area contributed by atoms with Crippen molar-refractivity contribution in [2.75, 3.05) is 32.2 Å². The van der Waals surface area contributed by atoms with Gasteiger partial charge in [0.1, 0.15) is 24.5 Å². The number of ether oxygens (including phenoxy) is 3. The zero-order valence-corrected chi connectivity index (χ0v) is 25.8. The van der Waals surface area contributed by atoms with E-state index in [4.69, 9.17) is 24.5 Å². The third kappa shape index (κ3) is 8.59. The lowest BCUT2D eigenvalue weighted by atomic mass is 9.88. The number of aliphatic hydroxyl groups excluding tert-OH is 1. The number of allylic oxidation sites excluding steroid dienone is 1. The van der Waals surface area contributed by atoms with Crippen LogP contribution in [0.1, 0.15) is 53.2 Å². The van der Waals surface area contributed by atoms with Crippen LogP contribution in [-0.4, -0.2) is 86.0 Å². The molecule has 6 atom stereocenters. The largest absolute Gasteiger partial charge is 0.476 e. The van der Waals surface area contributed by atoms with Gasteiger partial charge in [-0.05, 0) is 26.7 Å². The van der Waals surface area contributed by atoms with Crippen LogP contribution < -0.4 is 15.6 Å². The van der Waals surface area contributed by atoms with E-state index < -0.39 is 43.6 Å². The second-order valence-corrected chi connectivity index (χ2v) is 13.7. The maximum absolute atomic E-state index is 13.2. The highest BCUT2D eigenvalue weighted by Gasteiger charge is 2.46. The number of carbonyl (C=O) groups is 1. The molecule has 5 N–H and O–H groups in total. The summed E-state index contributed by atoms with van der Waals surface area (Å²) in [6.45, 7) is 15.7. The van der Waals surface area contributed by atoms with Gasteiger partial charge in [-0.15, -0.1) is 13.2 Å². The van der Waals surface area contributed by atoms with E-state index in [9.17, 15) is 19.6 Å². The fraction of sp³-hybridized carbons (Fsp3) is 0.630. The molecule has 0 amide bonds. The predicted octanol–water partition coefficient (Wildman–Crippen LogP) is 2.73. The number of fused-ring (bicyclic) bond motifs is 1. The molecule has 2 aromatic rings. The van der Waals surface area contributed by atoms with Crippen LogP contribution in [0.25, 0.3) is 11.2 Å². The molecule has 42 heavy (non-hydrogen) atoms. The number of hydrogen-bond acceptors (Lipinski definition) is 12. The number of imidazole rings is 1. The SMILES string of the molecule is C=CCCOc1nc(N)nc2c1ncn2C1C[C@](C)(O)[C@H](O)C(COP(C)(=O)N[C@@H](C)C(=O)OCC(C)(C)CC=C)O1. The summed E-state index contributed by atoms with van der Waals surface area (Å²) in [5, 5.41) is 24.6. The first-order chi connectivity index (χ1) is 19.6. The molecule has 1 fully saturated rings. The van der Waals surface area contributed by atoms with Gasteiger partial charge in [-0.25, -0.2) is 10.1 Å². The van der Waals surface area contributed by atoms with Gasteiger partial charge in [-0.2, -0.15) is 9.97 Å². The zero-order valence-electron chi connectivity index (χ0n) is 24.9. The van der Waals surface area contributed by atoms with Gasteiger partial charge in [0.15, 0.2) is 11.2 Å². The molecule has 0 radical (unpaired) electrons. The molecule has 234 valence electrons. The van der Waals surface area contributed by atoms with Crippen LogP contribution in [-0.2, 0) is 23.4 Å². The molecule has 3 heterocycles. The Labute approximate surface area is 245 Å². The number of hydrogen-bond donors (Lipinski definition) is 4. The number of aromatic nitrogens is 4. The van der Waals surface area contributed by atoms with E-state index in [0.717, 1.165) is 0 Å². The quantitative estimate of drug-likeness (QED) is 0.0996. The summed E-state index contributed by atoms with van der Waals surface area (Å²) in [5.74, 6) is -0.443. The molecular formula is C27H43N6O8P. The summed E-state index contributed by atoms with van der Waals surface area (Å²) < 4.78 is 37.5. The first kappa shape index (κ1) is 33.6. The minimum atomic E-state index is -3.58. The van der Waals surface area contributed by atoms with E-state index in [1.807, 2.05) is 13.8 Å². The highest BCUT2D eigenvalue weighted by molar-refractivity contribution is 7.56. The van der Waals surface area contributed by atoms with Crippen LogP contribution in [0.15, 0.2) is 31.6 Å². The lowest BCUT2D eigenvalue weighted by Gasteiger charge is -2.43. The Balaban J connectivity index is 1.70. The Bertz CT molecular complexity index is 1320. The Kier molecular flexibility index (Phi) is 10.9. The standard InChI is InChI=1S/C27H43N6O8P/c1-8-10-12-38-23-20-22(30-25(28)31-23)33(16-29-20)19-13-27(6,36)21(34)18(41-19)14-40-42(7,37)32-17(3)24(35)39-15-26(4,5)11-9-2/h8-9,16-19,21,34,36H,1-2,10-15H2,3-7H3,(H,32,37)(H2,28,30,31)/t17-,18?,19?,21+,27-,42?/m0/s1. The van der Waals surface area contributed by atoms with Crippen molar-refractivity contribution in [3.05, 3.63) is 31.6 Å². The molecule has 1 saturated heterocycles. The van der Waals surface area contributed by atoms with Crippen molar-refractivity contribution >= 4 is 30.6 Å². The maximum Gasteiger partial charge on any atom is 0.323 e. The molecule has 0 bridgehead atoms. The van der Waals surface area contributed by atoms with Crippen molar-refractivity contribution in [2.45, 2.75) is 77.0 Å². The average molecular weight is 611 g/mol. The van der Waals surface area contributed by atoms with Crippen LogP contribution in [0.5, 0.6) is 5.88 Å². The topological polar surface area (TPSA) is 193 Å². The summed E-state index contributed by atoms with van der Waals surface area (Å²) in [6, 6.07) is -0.932. The molecule has 3 unspecified atom stereocenters. The second-order valence-electron chi connectivity index (χ2n) is 11.5. The number of nitrogen functional groups attached to an aromatic ring is 1. The van der Waals surface area contributed by atoms with Crippen LogP contribution >= 0.6 is 7.52 Å². The van der Waals surface area contributed by atoms with Gasteiger partial charge in [0.2, 0.25) is 11.8 Å². The van der Waals surface area contributed by atoms with E-state index in [0.29, 0.717) is 30.6 Å². The van der Waals surface area contributed by atoms with Gasteiger partial charge in [0, 0.05) is 18.5 Å². The summed E-state index contributed by atoms with van der Waals surface area (Å²) >= 11 is 0. The van der Waals surface area contributed by atoms with Gasteiger partial charge in [-0.1, -0.05) is 26.0 Å². The fourth-order valence-corrected chi connectivity index (χ4v) is 5.76. The molecule has 0 aromatic carbocycles. The second kappa shape index (κ2) is 13.6. The summed E-state index contributed by atoms with van der Waals surface area (Å²) in [5.41, 5.74) is 4.65. The van der Waals surface area contributed by atoms with E-state index in [-0.39, 0.29) is 36.9 Å². The predicted molar refractivity (Wildman–Crippen MR) is 157 cm³/mol. The lowest BCUT2D eigenvalue weighted by Crippen LogP contribution is -2.55. The molecular weight excluding hydrogens is 567 g/mol. The Morgan fingerprint density at radius 2 is 2.12 bits per heavy atom. The molecule has 15 heteroatoms. The number of rotatable bonds is 15. The van der Waals surface area contributed by atoms with E-state index >= 15 is 0 Å². The Hall–Kier alpha value is -2.87. The molecule has 0 spiro atoms. The van der Waals surface area contributed by atoms with Crippen LogP contribution in [0.3, 0.4) is 0 Å². The average Bonchev–Trinajstić information content (AvgIpc) is 3.31. The molecule has 3 rings (SSSR count). The first-order valence-electron chi connectivity index (χ1n) is 13.7. The lowest BCUT2D eigenvalue weighted by molar-refractivity contribution is -0.233. The number of nitrogens with zero attached hydrogens (tertiary/aromatic N) is 4. The first-order valence-corrected chi connectivity index (χ1v) is 15.7. The molecule has 0 aliphatic carbocycles. The molecule has 0 saturated carbocycles. The van der Waals surface area contributed by atoms with Gasteiger partial charge in [-0.3, -0.25) is 13.9 Å². The molecule has 1 aliphatic heterocycles. The monoisotopic (exact) mass is 610 g/mol. The summed E-state index contributed by atoms with van der Waals surface area (Å²) in [7, 11) is -3.58. The van der Waals surface area contributed by atoms with Gasteiger partial charge in [0.05, 0.1) is 31.7 Å². The highest BCUT2D eigenvalue weighted by atomic mass is 31.2. The summed E-state index contributed by atoms with van der Waals surface area (Å²) in [4.78, 5) is 25.2. The van der Waals surface area contributed by atoms with E-state index in [1.54, 1.807) is 16.7 Å². The van der Waals surface area contributed by atoms with Crippen molar-refractivity contribution in [1.29, 1.82) is 0 Å². The molecule has 2 aromatic heterocycles. The third-order valence-corrected chi connectivity index (χ3v) is 8.25.